The maximum Gasteiger partial charge on any atom is 0.240 e. The molecule has 0 aromatic heterocycles. The molecule has 0 spiro atoms. The van der Waals surface area contributed by atoms with Crippen molar-refractivity contribution in [1.82, 2.24) is 4.72 Å². The van der Waals surface area contributed by atoms with E-state index in [-0.39, 0.29) is 16.9 Å². The van der Waals surface area contributed by atoms with E-state index in [1.807, 2.05) is 24.3 Å². The zero-order valence-corrected chi connectivity index (χ0v) is 15.3. The summed E-state index contributed by atoms with van der Waals surface area (Å²) in [7, 11) is -3.48. The number of sulfonamides is 1. The minimum Gasteiger partial charge on any atom is -0.207 e. The van der Waals surface area contributed by atoms with Crippen LogP contribution in [0.1, 0.15) is 31.9 Å². The Morgan fingerprint density at radius 1 is 0.955 bits per heavy atom. The third kappa shape index (κ3) is 4.41. The zero-order chi connectivity index (χ0) is 16.4. The Kier molecular flexibility index (Phi) is 5.10. The summed E-state index contributed by atoms with van der Waals surface area (Å²) in [4.78, 5) is 0.266. The second-order valence-electron chi connectivity index (χ2n) is 6.23. The maximum atomic E-state index is 12.2. The summed E-state index contributed by atoms with van der Waals surface area (Å²) in [5.41, 5.74) is 2.26. The molecule has 0 atom stereocenters. The quantitative estimate of drug-likeness (QED) is 0.861. The van der Waals surface area contributed by atoms with Crippen LogP contribution in [0.4, 0.5) is 0 Å². The summed E-state index contributed by atoms with van der Waals surface area (Å²) in [6, 6.07) is 14.6. The van der Waals surface area contributed by atoms with Gasteiger partial charge in [0.05, 0.1) is 4.90 Å². The predicted octanol–water partition coefficient (Wildman–Crippen LogP) is 4.23. The van der Waals surface area contributed by atoms with Gasteiger partial charge in [0.1, 0.15) is 0 Å². The van der Waals surface area contributed by atoms with Crippen molar-refractivity contribution in [1.29, 1.82) is 0 Å². The molecule has 0 bridgehead atoms. The number of halogens is 1. The molecular weight excluding hydrogens is 362 g/mol. The Bertz CT molecular complexity index is 730. The van der Waals surface area contributed by atoms with Crippen LogP contribution in [-0.4, -0.2) is 8.42 Å². The van der Waals surface area contributed by atoms with Crippen molar-refractivity contribution in [2.24, 2.45) is 0 Å². The van der Waals surface area contributed by atoms with Gasteiger partial charge in [-0.2, -0.15) is 0 Å². The summed E-state index contributed by atoms with van der Waals surface area (Å²) in [6.07, 6.45) is 0. The fourth-order valence-corrected chi connectivity index (χ4v) is 3.28. The Morgan fingerprint density at radius 2 is 1.50 bits per heavy atom. The van der Waals surface area contributed by atoms with Crippen LogP contribution >= 0.6 is 15.9 Å². The molecule has 22 heavy (non-hydrogen) atoms. The minimum absolute atomic E-state index is 0.0927. The number of hydrogen-bond acceptors (Lipinski definition) is 2. The molecule has 0 unspecified atom stereocenters. The number of hydrogen-bond donors (Lipinski definition) is 1. The van der Waals surface area contributed by atoms with Crippen LogP contribution in [0.15, 0.2) is 57.9 Å². The summed E-state index contributed by atoms with van der Waals surface area (Å²) >= 11 is 3.30. The first-order valence-corrected chi connectivity index (χ1v) is 9.31. The van der Waals surface area contributed by atoms with Gasteiger partial charge >= 0.3 is 0 Å². The van der Waals surface area contributed by atoms with Crippen molar-refractivity contribution < 1.29 is 8.42 Å². The van der Waals surface area contributed by atoms with Crippen molar-refractivity contribution in [3.05, 3.63) is 64.1 Å². The smallest absolute Gasteiger partial charge is 0.207 e. The molecule has 118 valence electrons. The lowest BCUT2D eigenvalue weighted by Gasteiger charge is -2.19. The highest BCUT2D eigenvalue weighted by Gasteiger charge is 2.15. The van der Waals surface area contributed by atoms with Gasteiger partial charge in [0.15, 0.2) is 0 Å². The zero-order valence-electron chi connectivity index (χ0n) is 12.9. The molecule has 5 heteroatoms. The topological polar surface area (TPSA) is 46.2 Å². The Labute approximate surface area is 140 Å². The van der Waals surface area contributed by atoms with Crippen molar-refractivity contribution >= 4 is 26.0 Å². The van der Waals surface area contributed by atoms with Gasteiger partial charge in [-0.3, -0.25) is 0 Å². The normalized spacial score (nSPS) is 12.4. The third-order valence-corrected chi connectivity index (χ3v) is 5.36. The number of nitrogens with one attached hydrogen (secondary N) is 1. The Hall–Kier alpha value is -1.17. The van der Waals surface area contributed by atoms with E-state index in [2.05, 4.69) is 41.4 Å². The average Bonchev–Trinajstić information content (AvgIpc) is 2.45. The monoisotopic (exact) mass is 381 g/mol. The third-order valence-electron chi connectivity index (χ3n) is 3.41. The SMILES string of the molecule is CC(C)(C)c1ccc(CNS(=O)(=O)c2ccc(Br)cc2)cc1. The highest BCUT2D eigenvalue weighted by atomic mass is 79.9. The van der Waals surface area contributed by atoms with E-state index in [9.17, 15) is 8.42 Å². The second kappa shape index (κ2) is 6.52. The van der Waals surface area contributed by atoms with Crippen LogP contribution in [0.3, 0.4) is 0 Å². The molecule has 2 aromatic rings. The van der Waals surface area contributed by atoms with Gasteiger partial charge in [0, 0.05) is 11.0 Å². The first kappa shape index (κ1) is 17.2. The van der Waals surface area contributed by atoms with Crippen LogP contribution in [0.25, 0.3) is 0 Å². The first-order chi connectivity index (χ1) is 10.2. The van der Waals surface area contributed by atoms with Crippen molar-refractivity contribution in [2.75, 3.05) is 0 Å². The molecule has 3 nitrogen and oxygen atoms in total. The van der Waals surface area contributed by atoms with Gasteiger partial charge in [-0.05, 0) is 40.8 Å². The van der Waals surface area contributed by atoms with Gasteiger partial charge < -0.3 is 0 Å². The lowest BCUT2D eigenvalue weighted by Crippen LogP contribution is -2.23. The summed E-state index contributed by atoms with van der Waals surface area (Å²) in [5, 5.41) is 0. The molecule has 1 N–H and O–H groups in total. The summed E-state index contributed by atoms with van der Waals surface area (Å²) < 4.78 is 27.9. The average molecular weight is 382 g/mol. The molecule has 0 aliphatic carbocycles. The lowest BCUT2D eigenvalue weighted by molar-refractivity contribution is 0.580. The Balaban J connectivity index is 2.07. The van der Waals surface area contributed by atoms with Crippen molar-refractivity contribution in [2.45, 2.75) is 37.6 Å². The molecule has 0 saturated heterocycles. The van der Waals surface area contributed by atoms with Crippen molar-refractivity contribution in [3.63, 3.8) is 0 Å². The fraction of sp³-hybridized carbons (Fsp3) is 0.294. The standard InChI is InChI=1S/C17H20BrNO2S/c1-17(2,3)14-6-4-13(5-7-14)12-19-22(20,21)16-10-8-15(18)9-11-16/h4-11,19H,12H2,1-3H3. The molecular formula is C17H20BrNO2S. The highest BCUT2D eigenvalue weighted by Crippen LogP contribution is 2.22. The number of rotatable bonds is 4. The van der Waals surface area contributed by atoms with Crippen LogP contribution in [0, 0.1) is 0 Å². The van der Waals surface area contributed by atoms with Crippen LogP contribution in [0.5, 0.6) is 0 Å². The lowest BCUT2D eigenvalue weighted by atomic mass is 9.87. The van der Waals surface area contributed by atoms with E-state index >= 15 is 0 Å². The molecule has 0 aliphatic heterocycles. The van der Waals surface area contributed by atoms with Crippen molar-refractivity contribution in [3.8, 4) is 0 Å². The molecule has 0 heterocycles. The van der Waals surface area contributed by atoms with E-state index in [0.717, 1.165) is 10.0 Å². The van der Waals surface area contributed by atoms with E-state index < -0.39 is 10.0 Å². The molecule has 0 fully saturated rings. The van der Waals surface area contributed by atoms with Gasteiger partial charge in [0.2, 0.25) is 10.0 Å². The molecule has 0 aliphatic rings. The largest absolute Gasteiger partial charge is 0.240 e. The summed E-state index contributed by atoms with van der Waals surface area (Å²) in [5.74, 6) is 0. The van der Waals surface area contributed by atoms with E-state index in [4.69, 9.17) is 0 Å². The van der Waals surface area contributed by atoms with Gasteiger partial charge in [-0.1, -0.05) is 61.0 Å². The van der Waals surface area contributed by atoms with E-state index in [1.165, 1.54) is 5.56 Å². The summed E-state index contributed by atoms with van der Waals surface area (Å²) in [6.45, 7) is 6.73. The molecule has 0 amide bonds. The van der Waals surface area contributed by atoms with E-state index in [0.29, 0.717) is 0 Å². The number of benzene rings is 2. The van der Waals surface area contributed by atoms with E-state index in [1.54, 1.807) is 24.3 Å². The second-order valence-corrected chi connectivity index (χ2v) is 8.91. The van der Waals surface area contributed by atoms with Gasteiger partial charge in [-0.25, -0.2) is 13.1 Å². The predicted molar refractivity (Wildman–Crippen MR) is 93.3 cm³/mol. The molecule has 0 radical (unpaired) electrons. The Morgan fingerprint density at radius 3 is 2.00 bits per heavy atom. The van der Waals surface area contributed by atoms with Crippen LogP contribution in [0.2, 0.25) is 0 Å². The maximum absolute atomic E-state index is 12.2. The first-order valence-electron chi connectivity index (χ1n) is 7.03. The van der Waals surface area contributed by atoms with Crippen LogP contribution < -0.4 is 4.72 Å². The molecule has 0 saturated carbocycles. The minimum atomic E-state index is -3.48. The fourth-order valence-electron chi connectivity index (χ4n) is 2.00. The van der Waals surface area contributed by atoms with Gasteiger partial charge in [0.25, 0.3) is 0 Å². The molecule has 2 rings (SSSR count). The van der Waals surface area contributed by atoms with Crippen LogP contribution in [-0.2, 0) is 22.0 Å². The molecule has 2 aromatic carbocycles. The van der Waals surface area contributed by atoms with Gasteiger partial charge in [-0.15, -0.1) is 0 Å². The highest BCUT2D eigenvalue weighted by molar-refractivity contribution is 9.10.